The van der Waals surface area contributed by atoms with Crippen LogP contribution in [0.5, 0.6) is 5.75 Å². The van der Waals surface area contributed by atoms with Gasteiger partial charge < -0.3 is 31.2 Å². The Kier molecular flexibility index (Phi) is 6.83. The second-order valence-corrected chi connectivity index (χ2v) is 4.51. The van der Waals surface area contributed by atoms with Gasteiger partial charge in [-0.3, -0.25) is 10.1 Å². The summed E-state index contributed by atoms with van der Waals surface area (Å²) >= 11 is 0. The van der Waals surface area contributed by atoms with Crippen LogP contribution >= 0.6 is 0 Å². The Morgan fingerprint density at radius 3 is 2.18 bits per heavy atom. The van der Waals surface area contributed by atoms with Crippen LogP contribution in [0.4, 0.5) is 17.1 Å². The third-order valence-electron chi connectivity index (χ3n) is 3.15. The lowest BCUT2D eigenvalue weighted by molar-refractivity contribution is -0.386. The number of nitrogens with two attached hydrogens (primary N) is 2. The van der Waals surface area contributed by atoms with Gasteiger partial charge in [0.25, 0.3) is 5.69 Å². The number of ether oxygens (including phenoxy) is 2. The van der Waals surface area contributed by atoms with Crippen molar-refractivity contribution in [2.45, 2.75) is 12.8 Å². The zero-order chi connectivity index (χ0) is 16.7. The summed E-state index contributed by atoms with van der Waals surface area (Å²) in [5.41, 5.74) is 11.9. The van der Waals surface area contributed by atoms with Gasteiger partial charge in [-0.25, -0.2) is 0 Å². The highest BCUT2D eigenvalue weighted by molar-refractivity contribution is 5.82. The Hall–Kier alpha value is -2.10. The van der Waals surface area contributed by atoms with Crippen LogP contribution in [-0.4, -0.2) is 48.7 Å². The molecule has 0 fully saturated rings. The number of methoxy groups -OCH3 is 1. The van der Waals surface area contributed by atoms with Gasteiger partial charge in [0.05, 0.1) is 34.0 Å². The fourth-order valence-corrected chi connectivity index (χ4v) is 2.19. The molecule has 0 aliphatic carbocycles. The third kappa shape index (κ3) is 3.75. The van der Waals surface area contributed by atoms with Crippen LogP contribution in [0.2, 0.25) is 0 Å². The Bertz CT molecular complexity index is 535. The van der Waals surface area contributed by atoms with E-state index in [2.05, 4.69) is 0 Å². The number of anilines is 2. The van der Waals surface area contributed by atoms with Crippen molar-refractivity contribution in [2.75, 3.05) is 45.0 Å². The number of rotatable bonds is 9. The lowest BCUT2D eigenvalue weighted by Gasteiger charge is -2.18. The molecule has 0 unspecified atom stereocenters. The van der Waals surface area contributed by atoms with Crippen LogP contribution in [0, 0.1) is 10.1 Å². The molecule has 124 valence electrons. The molecule has 9 heteroatoms. The molecular weight excluding hydrogens is 294 g/mol. The number of benzene rings is 1. The molecule has 0 saturated carbocycles. The molecule has 0 aliphatic rings. The number of hydrogen-bond acceptors (Lipinski definition) is 8. The van der Waals surface area contributed by atoms with E-state index in [1.807, 2.05) is 0 Å². The summed E-state index contributed by atoms with van der Waals surface area (Å²) in [7, 11) is 1.49. The van der Waals surface area contributed by atoms with E-state index in [9.17, 15) is 15.2 Å². The maximum Gasteiger partial charge on any atom is 0.281 e. The topological polar surface area (TPSA) is 154 Å². The molecule has 0 bridgehead atoms. The highest BCUT2D eigenvalue weighted by Gasteiger charge is 2.29. The van der Waals surface area contributed by atoms with E-state index < -0.39 is 4.92 Å². The molecule has 0 aliphatic heterocycles. The molecule has 1 aromatic carbocycles. The van der Waals surface area contributed by atoms with Gasteiger partial charge in [0.1, 0.15) is 6.61 Å². The average Bonchev–Trinajstić information content (AvgIpc) is 2.47. The van der Waals surface area contributed by atoms with E-state index in [0.717, 1.165) is 0 Å². The molecule has 22 heavy (non-hydrogen) atoms. The van der Waals surface area contributed by atoms with Gasteiger partial charge in [0, 0.05) is 33.2 Å². The molecule has 1 aromatic rings. The molecule has 0 amide bonds. The molecule has 0 radical (unpaired) electrons. The highest BCUT2D eigenvalue weighted by atomic mass is 16.6. The summed E-state index contributed by atoms with van der Waals surface area (Å²) in [6.45, 7) is -0.227. The van der Waals surface area contributed by atoms with Gasteiger partial charge in [-0.15, -0.1) is 0 Å². The minimum Gasteiger partial charge on any atom is -0.488 e. The Labute approximate surface area is 127 Å². The Balaban J connectivity index is 3.50. The number of aliphatic hydroxyl groups is 2. The van der Waals surface area contributed by atoms with Crippen LogP contribution in [-0.2, 0) is 17.6 Å². The largest absolute Gasteiger partial charge is 0.488 e. The zero-order valence-corrected chi connectivity index (χ0v) is 12.4. The second kappa shape index (κ2) is 8.37. The molecule has 0 saturated heterocycles. The van der Waals surface area contributed by atoms with Crippen molar-refractivity contribution in [3.8, 4) is 5.75 Å². The van der Waals surface area contributed by atoms with E-state index in [1.165, 1.54) is 7.11 Å². The van der Waals surface area contributed by atoms with Crippen molar-refractivity contribution in [3.63, 3.8) is 0 Å². The van der Waals surface area contributed by atoms with E-state index in [-0.39, 0.29) is 73.2 Å². The van der Waals surface area contributed by atoms with Crippen LogP contribution in [0.25, 0.3) is 0 Å². The molecule has 1 rings (SSSR count). The molecule has 0 atom stereocenters. The SMILES string of the molecule is COCCOc1c(N)c(N)c(CCO)c([N+](=O)[O-])c1CCO. The van der Waals surface area contributed by atoms with E-state index in [4.69, 9.17) is 26.0 Å². The van der Waals surface area contributed by atoms with E-state index in [0.29, 0.717) is 0 Å². The Morgan fingerprint density at radius 2 is 1.68 bits per heavy atom. The predicted octanol–water partition coefficient (Wildman–Crippen LogP) is -0.146. The lowest BCUT2D eigenvalue weighted by atomic mass is 9.97. The van der Waals surface area contributed by atoms with Crippen molar-refractivity contribution in [1.29, 1.82) is 0 Å². The molecule has 0 heterocycles. The molecule has 0 aromatic heterocycles. The van der Waals surface area contributed by atoms with Crippen molar-refractivity contribution in [3.05, 3.63) is 21.2 Å². The molecule has 9 nitrogen and oxygen atoms in total. The van der Waals surface area contributed by atoms with E-state index in [1.54, 1.807) is 0 Å². The first kappa shape index (κ1) is 18.0. The number of hydrogen-bond donors (Lipinski definition) is 4. The van der Waals surface area contributed by atoms with Gasteiger partial charge in [0.15, 0.2) is 5.75 Å². The van der Waals surface area contributed by atoms with Gasteiger partial charge in [-0.2, -0.15) is 0 Å². The number of nitrogen functional groups attached to an aromatic ring is 2. The van der Waals surface area contributed by atoms with Crippen LogP contribution < -0.4 is 16.2 Å². The average molecular weight is 315 g/mol. The summed E-state index contributed by atoms with van der Waals surface area (Å²) in [5, 5.41) is 29.7. The second-order valence-electron chi connectivity index (χ2n) is 4.51. The minimum absolute atomic E-state index is 0.00913. The molecule has 0 spiro atoms. The van der Waals surface area contributed by atoms with Crippen molar-refractivity contribution in [2.24, 2.45) is 0 Å². The number of nitro benzene ring substituents is 1. The van der Waals surface area contributed by atoms with Crippen molar-refractivity contribution < 1.29 is 24.6 Å². The summed E-state index contributed by atoms with van der Waals surface area (Å²) in [6, 6.07) is 0. The van der Waals surface area contributed by atoms with Gasteiger partial charge in [-0.05, 0) is 0 Å². The Morgan fingerprint density at radius 1 is 1.09 bits per heavy atom. The van der Waals surface area contributed by atoms with Crippen LogP contribution in [0.1, 0.15) is 11.1 Å². The lowest BCUT2D eigenvalue weighted by Crippen LogP contribution is -2.15. The summed E-state index contributed by atoms with van der Waals surface area (Å²) in [6.07, 6.45) is -0.0232. The number of aliphatic hydroxyl groups excluding tert-OH is 2. The molecule has 6 N–H and O–H groups in total. The van der Waals surface area contributed by atoms with Crippen LogP contribution in [0.15, 0.2) is 0 Å². The van der Waals surface area contributed by atoms with Crippen LogP contribution in [0.3, 0.4) is 0 Å². The zero-order valence-electron chi connectivity index (χ0n) is 12.4. The van der Waals surface area contributed by atoms with Crippen molar-refractivity contribution >= 4 is 17.1 Å². The maximum atomic E-state index is 11.4. The van der Waals surface area contributed by atoms with Gasteiger partial charge in [0.2, 0.25) is 0 Å². The fourth-order valence-electron chi connectivity index (χ4n) is 2.19. The van der Waals surface area contributed by atoms with E-state index >= 15 is 0 Å². The monoisotopic (exact) mass is 315 g/mol. The first-order valence-corrected chi connectivity index (χ1v) is 6.70. The first-order valence-electron chi connectivity index (χ1n) is 6.70. The standard InChI is InChI=1S/C13H21N3O6/c1-21-6-7-22-13-9(3-5-18)12(16(19)20)8(2-4-17)10(14)11(13)15/h17-18H,2-7,14-15H2,1H3. The molecular formula is C13H21N3O6. The summed E-state index contributed by atoms with van der Waals surface area (Å²) in [5.74, 6) is 0.0805. The summed E-state index contributed by atoms with van der Waals surface area (Å²) in [4.78, 5) is 10.8. The van der Waals surface area contributed by atoms with Gasteiger partial charge >= 0.3 is 0 Å². The summed E-state index contributed by atoms with van der Waals surface area (Å²) < 4.78 is 10.3. The minimum atomic E-state index is -0.602. The maximum absolute atomic E-state index is 11.4. The van der Waals surface area contributed by atoms with Crippen molar-refractivity contribution in [1.82, 2.24) is 0 Å². The first-order chi connectivity index (χ1) is 10.5. The smallest absolute Gasteiger partial charge is 0.281 e. The predicted molar refractivity (Wildman–Crippen MR) is 80.9 cm³/mol. The highest BCUT2D eigenvalue weighted by Crippen LogP contribution is 2.43. The number of nitro groups is 1. The fraction of sp³-hybridized carbons (Fsp3) is 0.538. The third-order valence-corrected chi connectivity index (χ3v) is 3.15. The number of nitrogens with zero attached hydrogens (tertiary/aromatic N) is 1. The van der Waals surface area contributed by atoms with Gasteiger partial charge in [-0.1, -0.05) is 0 Å². The normalized spacial score (nSPS) is 10.7. The quantitative estimate of drug-likeness (QED) is 0.212.